The van der Waals surface area contributed by atoms with E-state index in [2.05, 4.69) is 10.6 Å². The first-order chi connectivity index (χ1) is 11.8. The third-order valence-electron chi connectivity index (χ3n) is 5.60. The molecule has 1 aliphatic carbocycles. The van der Waals surface area contributed by atoms with E-state index in [0.29, 0.717) is 0 Å². The standard InChI is InChI=1S/C18H27N3O3S.ClH/c1-13(14-5-4-6-15(11-14)25(23,24)21(2)3)20-17(22)16-12-18(16)7-9-19-10-8-18;/h4-6,11,13,16,19H,7-10,12H2,1-3H3,(H,20,22);1H. The number of halogens is 1. The van der Waals surface area contributed by atoms with Crippen molar-refractivity contribution in [3.05, 3.63) is 29.8 Å². The lowest BCUT2D eigenvalue weighted by Crippen LogP contribution is -2.34. The number of amides is 1. The van der Waals surface area contributed by atoms with Crippen molar-refractivity contribution < 1.29 is 13.2 Å². The highest BCUT2D eigenvalue weighted by Gasteiger charge is 2.57. The minimum Gasteiger partial charge on any atom is -0.349 e. The minimum absolute atomic E-state index is 0. The first-order valence-electron chi connectivity index (χ1n) is 8.80. The Morgan fingerprint density at radius 2 is 1.96 bits per heavy atom. The smallest absolute Gasteiger partial charge is 0.242 e. The predicted octanol–water partition coefficient (Wildman–Crippen LogP) is 1.93. The molecule has 3 rings (SSSR count). The van der Waals surface area contributed by atoms with E-state index in [1.807, 2.05) is 13.0 Å². The largest absolute Gasteiger partial charge is 0.349 e. The van der Waals surface area contributed by atoms with Crippen molar-refractivity contribution in [2.75, 3.05) is 27.2 Å². The Labute approximate surface area is 162 Å². The molecule has 1 aromatic carbocycles. The van der Waals surface area contributed by atoms with Gasteiger partial charge in [0.15, 0.2) is 0 Å². The van der Waals surface area contributed by atoms with Crippen LogP contribution < -0.4 is 10.6 Å². The average Bonchev–Trinajstić information content (AvgIpc) is 3.28. The van der Waals surface area contributed by atoms with Crippen molar-refractivity contribution >= 4 is 28.3 Å². The average molecular weight is 402 g/mol. The highest BCUT2D eigenvalue weighted by molar-refractivity contribution is 7.89. The fraction of sp³-hybridized carbons (Fsp3) is 0.611. The van der Waals surface area contributed by atoms with Gasteiger partial charge in [-0.3, -0.25) is 4.79 Å². The number of carbonyl (C=O) groups excluding carboxylic acids is 1. The molecule has 0 aromatic heterocycles. The molecule has 1 aliphatic heterocycles. The van der Waals surface area contributed by atoms with Gasteiger partial charge in [0.05, 0.1) is 10.9 Å². The summed E-state index contributed by atoms with van der Waals surface area (Å²) in [5.41, 5.74) is 1.00. The molecule has 1 amide bonds. The van der Waals surface area contributed by atoms with Crippen molar-refractivity contribution in [2.45, 2.75) is 37.1 Å². The number of benzene rings is 1. The Morgan fingerprint density at radius 1 is 1.31 bits per heavy atom. The molecule has 1 saturated heterocycles. The van der Waals surface area contributed by atoms with Gasteiger partial charge >= 0.3 is 0 Å². The normalized spacial score (nSPS) is 22.5. The summed E-state index contributed by atoms with van der Waals surface area (Å²) in [5.74, 6) is 0.195. The second-order valence-electron chi connectivity index (χ2n) is 7.46. The Bertz CT molecular complexity index is 761. The molecule has 8 heteroatoms. The molecule has 1 saturated carbocycles. The SMILES string of the molecule is CC(NC(=O)C1CC12CCNCC2)c1cccc(S(=O)(=O)N(C)C)c1.Cl. The Kier molecular flexibility index (Phi) is 6.38. The molecule has 0 bridgehead atoms. The van der Waals surface area contributed by atoms with Gasteiger partial charge in [-0.2, -0.15) is 0 Å². The summed E-state index contributed by atoms with van der Waals surface area (Å²) in [4.78, 5) is 12.8. The van der Waals surface area contributed by atoms with Crippen LogP contribution in [0.5, 0.6) is 0 Å². The van der Waals surface area contributed by atoms with Crippen LogP contribution >= 0.6 is 12.4 Å². The highest BCUT2D eigenvalue weighted by Crippen LogP contribution is 2.58. The van der Waals surface area contributed by atoms with Gasteiger partial charge in [0.1, 0.15) is 0 Å². The molecule has 1 aromatic rings. The molecular weight excluding hydrogens is 374 g/mol. The van der Waals surface area contributed by atoms with Crippen LogP contribution in [0.4, 0.5) is 0 Å². The van der Waals surface area contributed by atoms with E-state index >= 15 is 0 Å². The van der Waals surface area contributed by atoms with Crippen LogP contribution in [0.1, 0.15) is 37.8 Å². The van der Waals surface area contributed by atoms with E-state index in [9.17, 15) is 13.2 Å². The lowest BCUT2D eigenvalue weighted by Gasteiger charge is -2.24. The van der Waals surface area contributed by atoms with Crippen LogP contribution in [0, 0.1) is 11.3 Å². The Morgan fingerprint density at radius 3 is 2.58 bits per heavy atom. The number of nitrogens with zero attached hydrogens (tertiary/aromatic N) is 1. The highest BCUT2D eigenvalue weighted by atomic mass is 35.5. The number of carbonyl (C=O) groups is 1. The van der Waals surface area contributed by atoms with Crippen LogP contribution in [0.3, 0.4) is 0 Å². The third kappa shape index (κ3) is 4.06. The second-order valence-corrected chi connectivity index (χ2v) is 9.61. The fourth-order valence-corrected chi connectivity index (χ4v) is 4.71. The maximum absolute atomic E-state index is 12.6. The quantitative estimate of drug-likeness (QED) is 0.790. The Balaban J connectivity index is 0.00000243. The maximum Gasteiger partial charge on any atom is 0.242 e. The van der Waals surface area contributed by atoms with Crippen molar-refractivity contribution in [2.24, 2.45) is 11.3 Å². The van der Waals surface area contributed by atoms with Crippen LogP contribution in [0.15, 0.2) is 29.2 Å². The van der Waals surface area contributed by atoms with Gasteiger partial charge in [-0.05, 0) is 62.4 Å². The fourth-order valence-electron chi connectivity index (χ4n) is 3.75. The summed E-state index contributed by atoms with van der Waals surface area (Å²) < 4.78 is 25.8. The van der Waals surface area contributed by atoms with E-state index in [1.165, 1.54) is 18.4 Å². The minimum atomic E-state index is -3.47. The third-order valence-corrected chi connectivity index (χ3v) is 7.41. The van der Waals surface area contributed by atoms with Gasteiger partial charge in [0, 0.05) is 20.0 Å². The van der Waals surface area contributed by atoms with Crippen LogP contribution in [-0.4, -0.2) is 45.8 Å². The first-order valence-corrected chi connectivity index (χ1v) is 10.2. The monoisotopic (exact) mass is 401 g/mol. The number of piperidine rings is 1. The van der Waals surface area contributed by atoms with E-state index in [1.54, 1.807) is 18.2 Å². The summed E-state index contributed by atoms with van der Waals surface area (Å²) in [6, 6.07) is 6.59. The molecule has 2 unspecified atom stereocenters. The number of hydrogen-bond donors (Lipinski definition) is 2. The molecule has 6 nitrogen and oxygen atoms in total. The second kappa shape index (κ2) is 7.84. The van der Waals surface area contributed by atoms with Gasteiger partial charge < -0.3 is 10.6 Å². The molecule has 2 atom stereocenters. The first kappa shape index (κ1) is 21.2. The van der Waals surface area contributed by atoms with E-state index in [-0.39, 0.29) is 40.6 Å². The topological polar surface area (TPSA) is 78.5 Å². The summed E-state index contributed by atoms with van der Waals surface area (Å²) in [5, 5.41) is 6.41. The van der Waals surface area contributed by atoms with Crippen molar-refractivity contribution in [1.29, 1.82) is 0 Å². The molecule has 2 N–H and O–H groups in total. The van der Waals surface area contributed by atoms with Crippen molar-refractivity contribution in [3.8, 4) is 0 Å². The lowest BCUT2D eigenvalue weighted by atomic mass is 9.91. The van der Waals surface area contributed by atoms with Crippen LogP contribution in [0.25, 0.3) is 0 Å². The molecule has 146 valence electrons. The summed E-state index contributed by atoms with van der Waals surface area (Å²) in [6.45, 7) is 3.88. The Hall–Kier alpha value is -1.15. The predicted molar refractivity (Wildman–Crippen MR) is 104 cm³/mol. The molecule has 26 heavy (non-hydrogen) atoms. The lowest BCUT2D eigenvalue weighted by molar-refractivity contribution is -0.123. The number of sulfonamides is 1. The summed E-state index contributed by atoms with van der Waals surface area (Å²) in [7, 11) is -0.449. The van der Waals surface area contributed by atoms with E-state index < -0.39 is 10.0 Å². The zero-order valence-corrected chi connectivity index (χ0v) is 17.1. The van der Waals surface area contributed by atoms with Crippen LogP contribution in [-0.2, 0) is 14.8 Å². The molecule has 1 heterocycles. The molecule has 1 spiro atoms. The van der Waals surface area contributed by atoms with Gasteiger partial charge in [-0.1, -0.05) is 12.1 Å². The molecular formula is C18H28ClN3O3S. The molecule has 0 radical (unpaired) electrons. The van der Waals surface area contributed by atoms with Crippen molar-refractivity contribution in [1.82, 2.24) is 14.9 Å². The zero-order chi connectivity index (χ0) is 18.2. The van der Waals surface area contributed by atoms with Crippen LogP contribution in [0.2, 0.25) is 0 Å². The molecule has 2 aliphatic rings. The zero-order valence-electron chi connectivity index (χ0n) is 15.5. The number of hydrogen-bond acceptors (Lipinski definition) is 4. The maximum atomic E-state index is 12.6. The summed E-state index contributed by atoms with van der Waals surface area (Å²) >= 11 is 0. The van der Waals surface area contributed by atoms with Gasteiger partial charge in [-0.15, -0.1) is 12.4 Å². The number of nitrogens with one attached hydrogen (secondary N) is 2. The van der Waals surface area contributed by atoms with Gasteiger partial charge in [0.25, 0.3) is 0 Å². The van der Waals surface area contributed by atoms with E-state index in [4.69, 9.17) is 0 Å². The molecule has 2 fully saturated rings. The number of rotatable bonds is 5. The van der Waals surface area contributed by atoms with Gasteiger partial charge in [-0.25, -0.2) is 12.7 Å². The van der Waals surface area contributed by atoms with Gasteiger partial charge in [0.2, 0.25) is 15.9 Å². The van der Waals surface area contributed by atoms with E-state index in [0.717, 1.165) is 37.9 Å². The van der Waals surface area contributed by atoms with Crippen molar-refractivity contribution in [3.63, 3.8) is 0 Å². The summed E-state index contributed by atoms with van der Waals surface area (Å²) in [6.07, 6.45) is 3.11.